The molecule has 0 spiro atoms. The molecule has 0 unspecified atom stereocenters. The van der Waals surface area contributed by atoms with Crippen molar-refractivity contribution in [2.24, 2.45) is 11.7 Å². The van der Waals surface area contributed by atoms with Gasteiger partial charge in [0.05, 0.1) is 5.56 Å². The third-order valence-corrected chi connectivity index (χ3v) is 6.09. The van der Waals surface area contributed by atoms with E-state index in [0.29, 0.717) is 18.4 Å². The van der Waals surface area contributed by atoms with Gasteiger partial charge in [0, 0.05) is 37.8 Å². The second kappa shape index (κ2) is 7.73. The third kappa shape index (κ3) is 3.59. The molecule has 0 aromatic heterocycles. The van der Waals surface area contributed by atoms with Crippen molar-refractivity contribution < 1.29 is 4.79 Å². The first kappa shape index (κ1) is 18.1. The molecule has 2 atom stereocenters. The minimum absolute atomic E-state index is 0.150. The van der Waals surface area contributed by atoms with Crippen LogP contribution < -0.4 is 10.6 Å². The molecule has 2 fully saturated rings. The summed E-state index contributed by atoms with van der Waals surface area (Å²) in [5.74, 6) is 0.786. The Labute approximate surface area is 162 Å². The van der Waals surface area contributed by atoms with Crippen molar-refractivity contribution in [2.75, 3.05) is 37.6 Å². The predicted octanol–water partition coefficient (Wildman–Crippen LogP) is 3.41. The Bertz CT molecular complexity index is 799. The Morgan fingerprint density at radius 3 is 2.52 bits per heavy atom. The van der Waals surface area contributed by atoms with E-state index in [1.54, 1.807) is 0 Å². The fourth-order valence-electron chi connectivity index (χ4n) is 4.58. The molecule has 4 rings (SSSR count). The monoisotopic (exact) mass is 363 g/mol. The number of amides is 1. The van der Waals surface area contributed by atoms with Crippen molar-refractivity contribution in [1.82, 2.24) is 4.90 Å². The van der Waals surface area contributed by atoms with Crippen LogP contribution in [-0.2, 0) is 0 Å². The van der Waals surface area contributed by atoms with Crippen molar-refractivity contribution in [3.8, 4) is 0 Å². The van der Waals surface area contributed by atoms with Gasteiger partial charge in [-0.2, -0.15) is 0 Å². The Hall–Kier alpha value is -2.33. The summed E-state index contributed by atoms with van der Waals surface area (Å²) in [4.78, 5) is 17.8. The molecule has 27 heavy (non-hydrogen) atoms. The topological polar surface area (TPSA) is 49.6 Å². The maximum Gasteiger partial charge on any atom is 0.255 e. The molecule has 1 amide bonds. The highest BCUT2D eigenvalue weighted by Gasteiger charge is 2.36. The molecule has 2 saturated heterocycles. The highest BCUT2D eigenvalue weighted by molar-refractivity contribution is 6.00. The molecule has 142 valence electrons. The summed E-state index contributed by atoms with van der Waals surface area (Å²) >= 11 is 0. The predicted molar refractivity (Wildman–Crippen MR) is 110 cm³/mol. The van der Waals surface area contributed by atoms with Gasteiger partial charge in [0.25, 0.3) is 5.91 Å². The SMILES string of the molecule is Cc1ccc(N2CCCC2)c(C(=O)N2C[C@@H](CN)[C@H](c3ccccc3)C2)c1. The summed E-state index contributed by atoms with van der Waals surface area (Å²) in [5, 5.41) is 0. The van der Waals surface area contributed by atoms with Crippen molar-refractivity contribution in [1.29, 1.82) is 0 Å². The van der Waals surface area contributed by atoms with E-state index in [2.05, 4.69) is 54.3 Å². The van der Waals surface area contributed by atoms with Crippen molar-refractivity contribution in [3.63, 3.8) is 0 Å². The number of likely N-dealkylation sites (tertiary alicyclic amines) is 1. The van der Waals surface area contributed by atoms with Crippen LogP contribution in [0.5, 0.6) is 0 Å². The summed E-state index contributed by atoms with van der Waals surface area (Å²) in [6.07, 6.45) is 2.41. The Morgan fingerprint density at radius 1 is 1.07 bits per heavy atom. The van der Waals surface area contributed by atoms with E-state index in [4.69, 9.17) is 5.73 Å². The molecule has 2 heterocycles. The number of anilines is 1. The zero-order valence-electron chi connectivity index (χ0n) is 16.1. The summed E-state index contributed by atoms with van der Waals surface area (Å²) in [6, 6.07) is 16.8. The van der Waals surface area contributed by atoms with Crippen LogP contribution in [0.25, 0.3) is 0 Å². The number of carbonyl (C=O) groups is 1. The largest absolute Gasteiger partial charge is 0.371 e. The van der Waals surface area contributed by atoms with E-state index in [1.165, 1.54) is 18.4 Å². The molecule has 0 radical (unpaired) electrons. The van der Waals surface area contributed by atoms with Crippen LogP contribution in [0, 0.1) is 12.8 Å². The van der Waals surface area contributed by atoms with Crippen molar-refractivity contribution >= 4 is 11.6 Å². The van der Waals surface area contributed by atoms with Gasteiger partial charge in [0.15, 0.2) is 0 Å². The lowest BCUT2D eigenvalue weighted by molar-refractivity contribution is 0.0787. The number of nitrogens with zero attached hydrogens (tertiary/aromatic N) is 2. The summed E-state index contributed by atoms with van der Waals surface area (Å²) in [6.45, 7) is 6.24. The first-order valence-corrected chi connectivity index (χ1v) is 10.1. The number of aryl methyl sites for hydroxylation is 1. The summed E-state index contributed by atoms with van der Waals surface area (Å²) in [5.41, 5.74) is 10.4. The molecule has 4 nitrogen and oxygen atoms in total. The van der Waals surface area contributed by atoms with Crippen molar-refractivity contribution in [2.45, 2.75) is 25.7 Å². The Morgan fingerprint density at radius 2 is 1.81 bits per heavy atom. The normalized spacial score (nSPS) is 22.4. The van der Waals surface area contributed by atoms with E-state index >= 15 is 0 Å². The molecular formula is C23H29N3O. The minimum atomic E-state index is 0.150. The van der Waals surface area contributed by atoms with Gasteiger partial charge in [-0.3, -0.25) is 4.79 Å². The maximum atomic E-state index is 13.5. The van der Waals surface area contributed by atoms with Crippen LogP contribution in [0.15, 0.2) is 48.5 Å². The van der Waals surface area contributed by atoms with Crippen LogP contribution in [0.4, 0.5) is 5.69 Å². The first-order chi connectivity index (χ1) is 13.2. The Kier molecular flexibility index (Phi) is 5.17. The summed E-state index contributed by atoms with van der Waals surface area (Å²) < 4.78 is 0. The molecule has 0 saturated carbocycles. The second-order valence-corrected chi connectivity index (χ2v) is 7.94. The quantitative estimate of drug-likeness (QED) is 0.906. The molecule has 0 aliphatic carbocycles. The van der Waals surface area contributed by atoms with Gasteiger partial charge >= 0.3 is 0 Å². The number of hydrogen-bond acceptors (Lipinski definition) is 3. The van der Waals surface area contributed by atoms with Gasteiger partial charge in [-0.05, 0) is 49.9 Å². The number of rotatable bonds is 4. The van der Waals surface area contributed by atoms with Crippen LogP contribution in [-0.4, -0.2) is 43.5 Å². The van der Waals surface area contributed by atoms with Crippen LogP contribution in [0.3, 0.4) is 0 Å². The fourth-order valence-corrected chi connectivity index (χ4v) is 4.58. The zero-order valence-corrected chi connectivity index (χ0v) is 16.1. The van der Waals surface area contributed by atoms with E-state index in [0.717, 1.165) is 43.0 Å². The van der Waals surface area contributed by atoms with Crippen LogP contribution in [0.1, 0.15) is 40.2 Å². The van der Waals surface area contributed by atoms with Gasteiger partial charge in [0.2, 0.25) is 0 Å². The van der Waals surface area contributed by atoms with Crippen LogP contribution >= 0.6 is 0 Å². The Balaban J connectivity index is 1.61. The number of benzene rings is 2. The number of nitrogens with two attached hydrogens (primary N) is 1. The molecular weight excluding hydrogens is 334 g/mol. The lowest BCUT2D eigenvalue weighted by Crippen LogP contribution is -2.32. The minimum Gasteiger partial charge on any atom is -0.371 e. The highest BCUT2D eigenvalue weighted by Crippen LogP contribution is 2.34. The molecule has 2 aliphatic heterocycles. The third-order valence-electron chi connectivity index (χ3n) is 6.09. The molecule has 4 heteroatoms. The molecule has 2 N–H and O–H groups in total. The van der Waals surface area contributed by atoms with E-state index in [9.17, 15) is 4.79 Å². The van der Waals surface area contributed by atoms with Gasteiger partial charge in [-0.15, -0.1) is 0 Å². The maximum absolute atomic E-state index is 13.5. The summed E-state index contributed by atoms with van der Waals surface area (Å²) in [7, 11) is 0. The zero-order chi connectivity index (χ0) is 18.8. The molecule has 2 aliphatic rings. The van der Waals surface area contributed by atoms with Crippen molar-refractivity contribution in [3.05, 3.63) is 65.2 Å². The van der Waals surface area contributed by atoms with E-state index < -0.39 is 0 Å². The standard InChI is InChI=1S/C23H29N3O/c1-17-9-10-22(25-11-5-6-12-25)20(13-17)23(27)26-15-19(14-24)21(16-26)18-7-3-2-4-8-18/h2-4,7-10,13,19,21H,5-6,11-12,14-16,24H2,1H3/t19-,21+/m1/s1. The lowest BCUT2D eigenvalue weighted by Gasteiger charge is -2.24. The lowest BCUT2D eigenvalue weighted by atomic mass is 9.89. The molecule has 0 bridgehead atoms. The van der Waals surface area contributed by atoms with E-state index in [-0.39, 0.29) is 5.91 Å². The van der Waals surface area contributed by atoms with Gasteiger partial charge in [0.1, 0.15) is 0 Å². The first-order valence-electron chi connectivity index (χ1n) is 10.1. The van der Waals surface area contributed by atoms with Crippen LogP contribution in [0.2, 0.25) is 0 Å². The number of carbonyl (C=O) groups excluding carboxylic acids is 1. The second-order valence-electron chi connectivity index (χ2n) is 7.94. The average molecular weight is 364 g/mol. The van der Waals surface area contributed by atoms with Gasteiger partial charge < -0.3 is 15.5 Å². The van der Waals surface area contributed by atoms with E-state index in [1.807, 2.05) is 11.0 Å². The van der Waals surface area contributed by atoms with Gasteiger partial charge in [-0.1, -0.05) is 42.0 Å². The average Bonchev–Trinajstić information content (AvgIpc) is 3.38. The fraction of sp³-hybridized carbons (Fsp3) is 0.435. The highest BCUT2D eigenvalue weighted by atomic mass is 16.2. The smallest absolute Gasteiger partial charge is 0.255 e. The molecule has 2 aromatic rings. The molecule has 2 aromatic carbocycles. The number of hydrogen-bond donors (Lipinski definition) is 1. The van der Waals surface area contributed by atoms with Gasteiger partial charge in [-0.25, -0.2) is 0 Å².